The molecule has 0 unspecified atom stereocenters. The topological polar surface area (TPSA) is 105 Å². The van der Waals surface area contributed by atoms with Gasteiger partial charge in [-0.05, 0) is 48.7 Å². The van der Waals surface area contributed by atoms with Gasteiger partial charge in [0, 0.05) is 23.5 Å². The lowest BCUT2D eigenvalue weighted by atomic mass is 10.1. The molecule has 1 heterocycles. The molecule has 0 atom stereocenters. The normalized spacial score (nSPS) is 12.7. The van der Waals surface area contributed by atoms with Crippen LogP contribution >= 0.6 is 0 Å². The summed E-state index contributed by atoms with van der Waals surface area (Å²) in [7, 11) is 0. The summed E-state index contributed by atoms with van der Waals surface area (Å²) < 4.78 is 5.09. The molecule has 2 N–H and O–H groups in total. The molecular weight excluding hydrogens is 410 g/mol. The van der Waals surface area contributed by atoms with E-state index in [1.807, 2.05) is 20.8 Å². The van der Waals surface area contributed by atoms with Gasteiger partial charge in [0.1, 0.15) is 0 Å². The van der Waals surface area contributed by atoms with Crippen LogP contribution in [0.4, 0.5) is 16.2 Å². The highest BCUT2D eigenvalue weighted by molar-refractivity contribution is 6.22. The number of nitrogens with zero attached hydrogens (tertiary/aromatic N) is 1. The molecule has 0 fully saturated rings. The van der Waals surface area contributed by atoms with E-state index in [9.17, 15) is 19.2 Å². The van der Waals surface area contributed by atoms with E-state index in [4.69, 9.17) is 4.74 Å². The summed E-state index contributed by atoms with van der Waals surface area (Å²) in [6.45, 7) is 6.53. The van der Waals surface area contributed by atoms with Gasteiger partial charge in [-0.25, -0.2) is 4.79 Å². The zero-order chi connectivity index (χ0) is 23.3. The fourth-order valence-corrected chi connectivity index (χ4v) is 3.23. The molecule has 0 saturated carbocycles. The molecule has 168 valence electrons. The molecule has 0 spiro atoms. The fraction of sp³-hybridized carbons (Fsp3) is 0.333. The Morgan fingerprint density at radius 1 is 0.969 bits per heavy atom. The van der Waals surface area contributed by atoms with Crippen molar-refractivity contribution in [2.75, 3.05) is 23.8 Å². The van der Waals surface area contributed by atoms with E-state index >= 15 is 0 Å². The van der Waals surface area contributed by atoms with Crippen LogP contribution in [0.2, 0.25) is 0 Å². The van der Waals surface area contributed by atoms with Crippen LogP contribution in [0.1, 0.15) is 64.7 Å². The molecule has 2 aromatic carbocycles. The zero-order valence-electron chi connectivity index (χ0n) is 18.4. The smallest absolute Gasteiger partial charge is 0.411 e. The summed E-state index contributed by atoms with van der Waals surface area (Å²) in [4.78, 5) is 50.9. The number of hydrogen-bond donors (Lipinski definition) is 2. The number of carbonyl (C=O) groups excluding carboxylic acids is 4. The van der Waals surface area contributed by atoms with Gasteiger partial charge in [-0.1, -0.05) is 33.3 Å². The lowest BCUT2D eigenvalue weighted by Crippen LogP contribution is -2.30. The number of rotatable bonds is 8. The van der Waals surface area contributed by atoms with Gasteiger partial charge in [0.2, 0.25) is 0 Å². The monoisotopic (exact) mass is 437 g/mol. The second-order valence-electron chi connectivity index (χ2n) is 8.03. The molecule has 0 aliphatic carbocycles. The Bertz CT molecular complexity index is 1050. The molecule has 8 nitrogen and oxygen atoms in total. The lowest BCUT2D eigenvalue weighted by Gasteiger charge is -2.12. The van der Waals surface area contributed by atoms with Crippen molar-refractivity contribution in [1.82, 2.24) is 4.90 Å². The SMILES string of the molecule is CCCCN1C(=O)c2ccc(C(=O)Nc3cccc(NC(=O)OCC(C)C)c3)cc2C1=O. The minimum Gasteiger partial charge on any atom is -0.449 e. The Labute approximate surface area is 186 Å². The average Bonchev–Trinajstić information content (AvgIpc) is 3.00. The van der Waals surface area contributed by atoms with Crippen LogP contribution in [0.25, 0.3) is 0 Å². The predicted octanol–water partition coefficient (Wildman–Crippen LogP) is 4.54. The van der Waals surface area contributed by atoms with E-state index in [1.165, 1.54) is 23.1 Å². The first-order valence-corrected chi connectivity index (χ1v) is 10.7. The van der Waals surface area contributed by atoms with Crippen molar-refractivity contribution in [3.05, 3.63) is 59.2 Å². The van der Waals surface area contributed by atoms with Gasteiger partial charge in [0.05, 0.1) is 17.7 Å². The van der Waals surface area contributed by atoms with Gasteiger partial charge in [-0.15, -0.1) is 0 Å². The first-order valence-electron chi connectivity index (χ1n) is 10.7. The van der Waals surface area contributed by atoms with Gasteiger partial charge in [-0.3, -0.25) is 24.6 Å². The summed E-state index contributed by atoms with van der Waals surface area (Å²) in [6.07, 6.45) is 1.02. The van der Waals surface area contributed by atoms with E-state index < -0.39 is 12.0 Å². The highest BCUT2D eigenvalue weighted by Crippen LogP contribution is 2.25. The first kappa shape index (κ1) is 23.0. The van der Waals surface area contributed by atoms with Crippen molar-refractivity contribution < 1.29 is 23.9 Å². The summed E-state index contributed by atoms with van der Waals surface area (Å²) in [5.74, 6) is -0.910. The number of carbonyl (C=O) groups is 4. The molecular formula is C24H27N3O5. The van der Waals surface area contributed by atoms with Crippen molar-refractivity contribution in [1.29, 1.82) is 0 Å². The van der Waals surface area contributed by atoms with Crippen LogP contribution in [0.5, 0.6) is 0 Å². The number of ether oxygens (including phenoxy) is 1. The predicted molar refractivity (Wildman–Crippen MR) is 121 cm³/mol. The molecule has 1 aliphatic rings. The molecule has 3 rings (SSSR count). The Morgan fingerprint density at radius 3 is 2.34 bits per heavy atom. The third kappa shape index (κ3) is 5.32. The van der Waals surface area contributed by atoms with Crippen molar-refractivity contribution in [3.8, 4) is 0 Å². The summed E-state index contributed by atoms with van der Waals surface area (Å²) in [6, 6.07) is 11.1. The zero-order valence-corrected chi connectivity index (χ0v) is 18.4. The average molecular weight is 437 g/mol. The fourth-order valence-electron chi connectivity index (χ4n) is 3.23. The number of imide groups is 1. The lowest BCUT2D eigenvalue weighted by molar-refractivity contribution is 0.0652. The van der Waals surface area contributed by atoms with Gasteiger partial charge in [-0.2, -0.15) is 0 Å². The second-order valence-corrected chi connectivity index (χ2v) is 8.03. The third-order valence-corrected chi connectivity index (χ3v) is 4.88. The maximum absolute atomic E-state index is 12.7. The van der Waals surface area contributed by atoms with Gasteiger partial charge < -0.3 is 10.1 Å². The van der Waals surface area contributed by atoms with E-state index in [0.29, 0.717) is 30.1 Å². The number of amides is 4. The Hall–Kier alpha value is -3.68. The second kappa shape index (κ2) is 10.1. The van der Waals surface area contributed by atoms with E-state index in [1.54, 1.807) is 24.3 Å². The molecule has 4 amide bonds. The van der Waals surface area contributed by atoms with Crippen LogP contribution < -0.4 is 10.6 Å². The molecule has 0 bridgehead atoms. The quantitative estimate of drug-likeness (QED) is 0.590. The first-order chi connectivity index (χ1) is 15.3. The Kier molecular flexibility index (Phi) is 7.25. The standard InChI is InChI=1S/C24H27N3O5/c1-4-5-11-27-22(29)19-10-9-16(12-20(19)23(27)30)21(28)25-17-7-6-8-18(13-17)26-24(31)32-14-15(2)3/h6-10,12-13,15H,4-5,11,14H2,1-3H3,(H,25,28)(H,26,31). The van der Waals surface area contributed by atoms with Crippen molar-refractivity contribution in [2.24, 2.45) is 5.92 Å². The third-order valence-electron chi connectivity index (χ3n) is 4.88. The molecule has 0 radical (unpaired) electrons. The molecule has 2 aromatic rings. The van der Waals surface area contributed by atoms with Crippen LogP contribution in [0.3, 0.4) is 0 Å². The molecule has 0 saturated heterocycles. The van der Waals surface area contributed by atoms with Gasteiger partial charge >= 0.3 is 6.09 Å². The Morgan fingerprint density at radius 2 is 1.66 bits per heavy atom. The Balaban J connectivity index is 1.69. The van der Waals surface area contributed by atoms with Crippen LogP contribution in [0, 0.1) is 5.92 Å². The highest BCUT2D eigenvalue weighted by atomic mass is 16.5. The highest BCUT2D eigenvalue weighted by Gasteiger charge is 2.35. The maximum Gasteiger partial charge on any atom is 0.411 e. The summed E-state index contributed by atoms with van der Waals surface area (Å²) in [5.41, 5.74) is 1.75. The number of nitrogens with one attached hydrogen (secondary N) is 2. The number of benzene rings is 2. The van der Waals surface area contributed by atoms with Crippen molar-refractivity contribution in [3.63, 3.8) is 0 Å². The molecule has 0 aromatic heterocycles. The van der Waals surface area contributed by atoms with E-state index in [-0.39, 0.29) is 28.9 Å². The van der Waals surface area contributed by atoms with Crippen LogP contribution in [-0.4, -0.2) is 41.9 Å². The van der Waals surface area contributed by atoms with E-state index in [0.717, 1.165) is 12.8 Å². The van der Waals surface area contributed by atoms with Crippen molar-refractivity contribution in [2.45, 2.75) is 33.6 Å². The minimum absolute atomic E-state index is 0.222. The van der Waals surface area contributed by atoms with Crippen molar-refractivity contribution >= 4 is 35.2 Å². The number of anilines is 2. The molecule has 32 heavy (non-hydrogen) atoms. The minimum atomic E-state index is -0.573. The van der Waals surface area contributed by atoms with Gasteiger partial charge in [0.25, 0.3) is 17.7 Å². The largest absolute Gasteiger partial charge is 0.449 e. The number of fused-ring (bicyclic) bond motifs is 1. The summed E-state index contributed by atoms with van der Waals surface area (Å²) >= 11 is 0. The number of unbranched alkanes of at least 4 members (excludes halogenated alkanes) is 1. The summed E-state index contributed by atoms with van der Waals surface area (Å²) in [5, 5.41) is 5.36. The maximum atomic E-state index is 12.7. The van der Waals surface area contributed by atoms with Gasteiger partial charge in [0.15, 0.2) is 0 Å². The van der Waals surface area contributed by atoms with Crippen LogP contribution in [0.15, 0.2) is 42.5 Å². The molecule has 8 heteroatoms. The molecule has 1 aliphatic heterocycles. The van der Waals surface area contributed by atoms with E-state index in [2.05, 4.69) is 10.6 Å². The van der Waals surface area contributed by atoms with Crippen LogP contribution in [-0.2, 0) is 4.74 Å². The number of hydrogen-bond acceptors (Lipinski definition) is 5.